The summed E-state index contributed by atoms with van der Waals surface area (Å²) in [6.07, 6.45) is 2.89. The zero-order chi connectivity index (χ0) is 12.3. The lowest BCUT2D eigenvalue weighted by Crippen LogP contribution is -2.29. The van der Waals surface area contributed by atoms with Crippen LogP contribution < -0.4 is 5.32 Å². The number of carboxylic acids is 1. The van der Waals surface area contributed by atoms with Crippen molar-refractivity contribution in [2.45, 2.75) is 30.6 Å². The molecule has 8 heteroatoms. The summed E-state index contributed by atoms with van der Waals surface area (Å²) in [6, 6.07) is 0.0858. The quantitative estimate of drug-likeness (QED) is 0.704. The van der Waals surface area contributed by atoms with Crippen molar-refractivity contribution in [1.29, 1.82) is 0 Å². The number of aliphatic carboxylic acids is 1. The molecule has 1 amide bonds. The van der Waals surface area contributed by atoms with E-state index in [2.05, 4.69) is 15.5 Å². The summed E-state index contributed by atoms with van der Waals surface area (Å²) >= 11 is 1.12. The summed E-state index contributed by atoms with van der Waals surface area (Å²) < 4.78 is 1.77. The van der Waals surface area contributed by atoms with Crippen LogP contribution in [0, 0.1) is 0 Å². The lowest BCUT2D eigenvalue weighted by Gasteiger charge is -2.11. The first-order chi connectivity index (χ1) is 8.15. The third kappa shape index (κ3) is 3.19. The molecular weight excluding hydrogens is 244 g/mol. The van der Waals surface area contributed by atoms with Gasteiger partial charge in [-0.3, -0.25) is 9.59 Å². The van der Waals surface area contributed by atoms with Crippen LogP contribution in [-0.4, -0.2) is 43.5 Å². The van der Waals surface area contributed by atoms with Gasteiger partial charge in [0.1, 0.15) is 6.33 Å². The first kappa shape index (κ1) is 11.9. The number of thioether (sulfide) groups is 1. The Bertz CT molecular complexity index is 434. The first-order valence-electron chi connectivity index (χ1n) is 5.17. The maximum absolute atomic E-state index is 11.0. The van der Waals surface area contributed by atoms with E-state index in [1.165, 1.54) is 0 Å². The predicted molar refractivity (Wildman–Crippen MR) is 59.5 cm³/mol. The summed E-state index contributed by atoms with van der Waals surface area (Å²) in [4.78, 5) is 21.5. The molecule has 1 unspecified atom stereocenters. The number of carboxylic acid groups (broad SMARTS) is 1. The van der Waals surface area contributed by atoms with E-state index in [-0.39, 0.29) is 17.7 Å². The van der Waals surface area contributed by atoms with Crippen LogP contribution in [0.25, 0.3) is 0 Å². The third-order valence-electron chi connectivity index (χ3n) is 2.41. The number of carbonyl (C=O) groups is 2. The van der Waals surface area contributed by atoms with Crippen LogP contribution in [-0.2, 0) is 16.1 Å². The second kappa shape index (κ2) is 5.17. The lowest BCUT2D eigenvalue weighted by atomic mass is 10.2. The minimum Gasteiger partial charge on any atom is -0.481 e. The Labute approximate surface area is 102 Å². The van der Waals surface area contributed by atoms with Crippen molar-refractivity contribution < 1.29 is 14.7 Å². The van der Waals surface area contributed by atoms with E-state index in [0.29, 0.717) is 18.1 Å². The SMILES string of the molecule is O=C(O)CSc1nncn1CC1CCC(=O)N1. The molecule has 0 aromatic carbocycles. The molecule has 92 valence electrons. The molecule has 7 nitrogen and oxygen atoms in total. The van der Waals surface area contributed by atoms with Gasteiger partial charge in [-0.2, -0.15) is 0 Å². The molecule has 1 saturated heterocycles. The molecular formula is C9H12N4O3S. The number of hydrogen-bond acceptors (Lipinski definition) is 5. The van der Waals surface area contributed by atoms with Crippen LogP contribution in [0.3, 0.4) is 0 Å². The van der Waals surface area contributed by atoms with Crippen LogP contribution in [0.5, 0.6) is 0 Å². The lowest BCUT2D eigenvalue weighted by molar-refractivity contribution is -0.133. The molecule has 0 radical (unpaired) electrons. The van der Waals surface area contributed by atoms with Gasteiger partial charge in [0.25, 0.3) is 0 Å². The van der Waals surface area contributed by atoms with Crippen LogP contribution in [0.4, 0.5) is 0 Å². The van der Waals surface area contributed by atoms with Crippen LogP contribution >= 0.6 is 11.8 Å². The van der Waals surface area contributed by atoms with Crippen molar-refractivity contribution in [3.8, 4) is 0 Å². The Morgan fingerprint density at radius 2 is 2.53 bits per heavy atom. The van der Waals surface area contributed by atoms with Crippen molar-refractivity contribution in [1.82, 2.24) is 20.1 Å². The van der Waals surface area contributed by atoms with Crippen LogP contribution in [0.1, 0.15) is 12.8 Å². The number of nitrogens with zero attached hydrogens (tertiary/aromatic N) is 3. The van der Waals surface area contributed by atoms with Crippen molar-refractivity contribution in [2.24, 2.45) is 0 Å². The number of amides is 1. The van der Waals surface area contributed by atoms with Gasteiger partial charge in [0.15, 0.2) is 5.16 Å². The second-order valence-corrected chi connectivity index (χ2v) is 4.69. The van der Waals surface area contributed by atoms with E-state index in [1.807, 2.05) is 0 Å². The zero-order valence-corrected chi connectivity index (χ0v) is 9.81. The van der Waals surface area contributed by atoms with E-state index in [4.69, 9.17) is 5.11 Å². The average molecular weight is 256 g/mol. The van der Waals surface area contributed by atoms with Crippen LogP contribution in [0.15, 0.2) is 11.5 Å². The number of carbonyl (C=O) groups excluding carboxylic acids is 1. The summed E-state index contributed by atoms with van der Waals surface area (Å²) in [7, 11) is 0. The van der Waals surface area contributed by atoms with E-state index < -0.39 is 5.97 Å². The summed E-state index contributed by atoms with van der Waals surface area (Å²) in [5, 5.41) is 19.6. The van der Waals surface area contributed by atoms with E-state index in [0.717, 1.165) is 18.2 Å². The van der Waals surface area contributed by atoms with Gasteiger partial charge in [-0.1, -0.05) is 11.8 Å². The summed E-state index contributed by atoms with van der Waals surface area (Å²) in [6.45, 7) is 0.584. The normalized spacial score (nSPS) is 19.3. The molecule has 0 saturated carbocycles. The standard InChI is InChI=1S/C9H12N4O3S/c14-7-2-1-6(11-7)3-13-5-10-12-9(13)17-4-8(15)16/h5-6H,1-4H2,(H,11,14)(H,15,16). The highest BCUT2D eigenvalue weighted by molar-refractivity contribution is 7.99. The molecule has 1 aromatic heterocycles. The topological polar surface area (TPSA) is 97.1 Å². The van der Waals surface area contributed by atoms with Crippen molar-refractivity contribution >= 4 is 23.6 Å². The fraction of sp³-hybridized carbons (Fsp3) is 0.556. The molecule has 1 fully saturated rings. The monoisotopic (exact) mass is 256 g/mol. The van der Waals surface area contributed by atoms with Gasteiger partial charge in [0.2, 0.25) is 5.91 Å². The molecule has 2 heterocycles. The van der Waals surface area contributed by atoms with Gasteiger partial charge >= 0.3 is 5.97 Å². The zero-order valence-electron chi connectivity index (χ0n) is 9.00. The molecule has 0 spiro atoms. The van der Waals surface area contributed by atoms with E-state index in [1.54, 1.807) is 10.9 Å². The fourth-order valence-corrected chi connectivity index (χ4v) is 2.30. The molecule has 0 aliphatic carbocycles. The Morgan fingerprint density at radius 1 is 1.71 bits per heavy atom. The third-order valence-corrected chi connectivity index (χ3v) is 3.37. The smallest absolute Gasteiger partial charge is 0.313 e. The Morgan fingerprint density at radius 3 is 3.18 bits per heavy atom. The number of hydrogen-bond donors (Lipinski definition) is 2. The van der Waals surface area contributed by atoms with Gasteiger partial charge in [-0.15, -0.1) is 10.2 Å². The number of rotatable bonds is 5. The summed E-state index contributed by atoms with van der Waals surface area (Å²) in [5.41, 5.74) is 0. The fourth-order valence-electron chi connectivity index (χ4n) is 1.66. The van der Waals surface area contributed by atoms with Crippen molar-refractivity contribution in [3.63, 3.8) is 0 Å². The predicted octanol–water partition coefficient (Wildman–Crippen LogP) is -0.267. The Kier molecular flexibility index (Phi) is 3.62. The van der Waals surface area contributed by atoms with Gasteiger partial charge in [-0.25, -0.2) is 0 Å². The Balaban J connectivity index is 1.94. The average Bonchev–Trinajstić information content (AvgIpc) is 2.86. The molecule has 0 bridgehead atoms. The molecule has 1 aliphatic rings. The molecule has 2 N–H and O–H groups in total. The summed E-state index contributed by atoms with van der Waals surface area (Å²) in [5.74, 6) is -0.878. The van der Waals surface area contributed by atoms with Gasteiger partial charge in [0, 0.05) is 19.0 Å². The van der Waals surface area contributed by atoms with Gasteiger partial charge in [0.05, 0.1) is 5.75 Å². The maximum Gasteiger partial charge on any atom is 0.313 e. The number of aromatic nitrogens is 3. The van der Waals surface area contributed by atoms with E-state index in [9.17, 15) is 9.59 Å². The molecule has 2 rings (SSSR count). The molecule has 1 atom stereocenters. The number of nitrogens with one attached hydrogen (secondary N) is 1. The molecule has 17 heavy (non-hydrogen) atoms. The van der Waals surface area contributed by atoms with Crippen LogP contribution in [0.2, 0.25) is 0 Å². The van der Waals surface area contributed by atoms with Gasteiger partial charge < -0.3 is 15.0 Å². The Hall–Kier alpha value is -1.57. The van der Waals surface area contributed by atoms with Gasteiger partial charge in [-0.05, 0) is 6.42 Å². The highest BCUT2D eigenvalue weighted by Gasteiger charge is 2.22. The highest BCUT2D eigenvalue weighted by Crippen LogP contribution is 2.16. The molecule has 1 aliphatic heterocycles. The minimum absolute atomic E-state index is 0.0459. The van der Waals surface area contributed by atoms with Crippen molar-refractivity contribution in [2.75, 3.05) is 5.75 Å². The van der Waals surface area contributed by atoms with E-state index >= 15 is 0 Å². The maximum atomic E-state index is 11.0. The highest BCUT2D eigenvalue weighted by atomic mass is 32.2. The van der Waals surface area contributed by atoms with Crippen molar-refractivity contribution in [3.05, 3.63) is 6.33 Å². The first-order valence-corrected chi connectivity index (χ1v) is 6.15. The molecule has 1 aromatic rings. The largest absolute Gasteiger partial charge is 0.481 e. The second-order valence-electron chi connectivity index (χ2n) is 3.75. The minimum atomic E-state index is -0.890.